The highest BCUT2D eigenvalue weighted by Crippen LogP contribution is 2.19. The van der Waals surface area contributed by atoms with Crippen LogP contribution in [0.1, 0.15) is 235 Å². The van der Waals surface area contributed by atoms with Crippen molar-refractivity contribution in [2.45, 2.75) is 202 Å². The SMILES string of the molecule is CC.CC.CC.CC.CC.CC.CC(C)c1cccn1C.CC(C)c1ccco1.CC(C)c1cccs1.CC(C)c1ccn(C)c1.CC(C)c1ccoc1.CC(C)c1ccsc1. The Morgan fingerprint density at radius 2 is 1.02 bits per heavy atom. The Morgan fingerprint density at radius 3 is 1.21 bits per heavy atom. The van der Waals surface area contributed by atoms with E-state index in [0.29, 0.717) is 35.5 Å². The van der Waals surface area contributed by atoms with E-state index in [1.54, 1.807) is 30.1 Å². The molecular weight excluding hydrogens is 797 g/mol. The Bertz CT molecular complexity index is 1410. The number of rotatable bonds is 6. The molecule has 6 aromatic rings. The number of furan rings is 2. The zero-order valence-electron chi connectivity index (χ0n) is 45.4. The van der Waals surface area contributed by atoms with Gasteiger partial charge in [0.2, 0.25) is 0 Å². The predicted octanol–water partition coefficient (Wildman–Crippen LogP) is 21.0. The summed E-state index contributed by atoms with van der Waals surface area (Å²) in [6, 6.07) is 18.7. The van der Waals surface area contributed by atoms with Crippen molar-refractivity contribution < 1.29 is 8.83 Å². The molecule has 0 radical (unpaired) electrons. The highest BCUT2D eigenvalue weighted by atomic mass is 32.1. The van der Waals surface area contributed by atoms with E-state index < -0.39 is 0 Å². The predicted molar refractivity (Wildman–Crippen MR) is 290 cm³/mol. The lowest BCUT2D eigenvalue weighted by Crippen LogP contribution is -1.95. The van der Waals surface area contributed by atoms with Crippen molar-refractivity contribution in [1.82, 2.24) is 9.13 Å². The molecule has 0 saturated heterocycles. The van der Waals surface area contributed by atoms with E-state index in [-0.39, 0.29) is 0 Å². The summed E-state index contributed by atoms with van der Waals surface area (Å²) in [4.78, 5) is 1.48. The maximum Gasteiger partial charge on any atom is 0.106 e. The molecular formula is C56H102N2O2S2. The number of hydrogen-bond donors (Lipinski definition) is 0. The standard InChI is InChI=1S/2C8H13N.2C7H10O.2C7H10S.6C2H6/c1-7(2)8-4-5-9(3)6-8;1-7(2)8-5-4-6-9(8)3;1-6(2)7-3-4-8-5-7;1-6(2)7-4-3-5-8-7;1-6(2)7-3-4-8-5-7;1-6(2)7-4-3-5-8-7;6*1-2/h2*4-7H,1-3H3;4*3-6H,1-2H3;6*1-2H3. The van der Waals surface area contributed by atoms with Gasteiger partial charge < -0.3 is 18.0 Å². The summed E-state index contributed by atoms with van der Waals surface area (Å²) in [5, 5.41) is 6.44. The lowest BCUT2D eigenvalue weighted by atomic mass is 10.1. The second kappa shape index (κ2) is 50.2. The first kappa shape index (κ1) is 70.2. The minimum atomic E-state index is 0.519. The fourth-order valence-corrected chi connectivity index (χ4v) is 5.95. The van der Waals surface area contributed by atoms with Crippen molar-refractivity contribution in [2.75, 3.05) is 0 Å². The van der Waals surface area contributed by atoms with Crippen LogP contribution in [0.5, 0.6) is 0 Å². The number of hydrogen-bond acceptors (Lipinski definition) is 4. The summed E-state index contributed by atoms with van der Waals surface area (Å²) in [5.74, 6) is 4.87. The molecule has 0 aliphatic carbocycles. The molecule has 0 aliphatic heterocycles. The third-order valence-corrected chi connectivity index (χ3v) is 9.62. The molecule has 0 bridgehead atoms. The fraction of sp³-hybridized carbons (Fsp3) is 0.571. The van der Waals surface area contributed by atoms with Crippen LogP contribution in [0.4, 0.5) is 0 Å². The summed E-state index contributed by atoms with van der Waals surface area (Å²) < 4.78 is 14.2. The van der Waals surface area contributed by atoms with Crippen LogP contribution in [0.2, 0.25) is 0 Å². The second-order valence-corrected chi connectivity index (χ2v) is 16.0. The summed E-state index contributed by atoms with van der Waals surface area (Å²) in [7, 11) is 4.13. The Kier molecular flexibility index (Phi) is 56.8. The minimum Gasteiger partial charge on any atom is -0.472 e. The summed E-state index contributed by atoms with van der Waals surface area (Å²) in [5.41, 5.74) is 5.53. The van der Waals surface area contributed by atoms with E-state index >= 15 is 0 Å². The summed E-state index contributed by atoms with van der Waals surface area (Å²) >= 11 is 3.60. The van der Waals surface area contributed by atoms with Crippen LogP contribution in [-0.4, -0.2) is 9.13 Å². The molecule has 0 N–H and O–H groups in total. The number of nitrogens with zero attached hydrogens (tertiary/aromatic N) is 2. The van der Waals surface area contributed by atoms with Crippen molar-refractivity contribution >= 4 is 22.7 Å². The van der Waals surface area contributed by atoms with Gasteiger partial charge in [0.05, 0.1) is 18.8 Å². The monoisotopic (exact) mass is 899 g/mol. The largest absolute Gasteiger partial charge is 0.472 e. The molecule has 0 saturated carbocycles. The third kappa shape index (κ3) is 38.2. The van der Waals surface area contributed by atoms with Gasteiger partial charge in [0.1, 0.15) is 5.76 Å². The van der Waals surface area contributed by atoms with Crippen LogP contribution in [0, 0.1) is 0 Å². The fourth-order valence-electron chi connectivity index (χ4n) is 4.39. The average molecular weight is 900 g/mol. The molecule has 0 aliphatic rings. The molecule has 6 aromatic heterocycles. The van der Waals surface area contributed by atoms with Gasteiger partial charge in [0.15, 0.2) is 0 Å². The van der Waals surface area contributed by atoms with E-state index in [0.717, 1.165) is 5.76 Å². The first-order chi connectivity index (χ1) is 29.6. The highest BCUT2D eigenvalue weighted by molar-refractivity contribution is 7.10. The number of aromatic nitrogens is 2. The van der Waals surface area contributed by atoms with Crippen molar-refractivity contribution in [1.29, 1.82) is 0 Å². The number of aryl methyl sites for hydroxylation is 2. The van der Waals surface area contributed by atoms with Gasteiger partial charge >= 0.3 is 0 Å². The molecule has 4 nitrogen and oxygen atoms in total. The molecule has 0 aromatic carbocycles. The van der Waals surface area contributed by atoms with Crippen LogP contribution in [0.25, 0.3) is 0 Å². The maximum atomic E-state index is 5.09. The Labute approximate surface area is 395 Å². The summed E-state index contributed by atoms with van der Waals surface area (Å²) in [6.45, 7) is 50.2. The molecule has 0 spiro atoms. The second-order valence-electron chi connectivity index (χ2n) is 14.2. The first-order valence-electron chi connectivity index (χ1n) is 24.0. The van der Waals surface area contributed by atoms with Crippen LogP contribution < -0.4 is 0 Å². The van der Waals surface area contributed by atoms with Gasteiger partial charge in [-0.05, 0) is 111 Å². The molecule has 0 atom stereocenters. The Balaban J connectivity index is -0.000000145. The molecule has 6 heterocycles. The number of thiophene rings is 2. The van der Waals surface area contributed by atoms with Gasteiger partial charge in [-0.25, -0.2) is 0 Å². The van der Waals surface area contributed by atoms with E-state index in [1.807, 2.05) is 120 Å². The van der Waals surface area contributed by atoms with Crippen LogP contribution in [-0.2, 0) is 14.1 Å². The summed E-state index contributed by atoms with van der Waals surface area (Å²) in [6.07, 6.45) is 11.5. The van der Waals surface area contributed by atoms with Gasteiger partial charge in [0.25, 0.3) is 0 Å². The molecule has 0 unspecified atom stereocenters. The minimum absolute atomic E-state index is 0.519. The molecule has 62 heavy (non-hydrogen) atoms. The third-order valence-electron chi connectivity index (χ3n) is 7.74. The quantitative estimate of drug-likeness (QED) is 0.167. The van der Waals surface area contributed by atoms with Crippen molar-refractivity contribution in [2.24, 2.45) is 14.1 Å². The van der Waals surface area contributed by atoms with Crippen molar-refractivity contribution in [3.63, 3.8) is 0 Å². The molecule has 6 heteroatoms. The van der Waals surface area contributed by atoms with Crippen LogP contribution >= 0.6 is 22.7 Å². The van der Waals surface area contributed by atoms with Gasteiger partial charge in [-0.1, -0.05) is 172 Å². The smallest absolute Gasteiger partial charge is 0.106 e. The molecule has 360 valence electrons. The lowest BCUT2D eigenvalue weighted by molar-refractivity contribution is 0.487. The van der Waals surface area contributed by atoms with Gasteiger partial charge in [0, 0.05) is 49.2 Å². The van der Waals surface area contributed by atoms with Gasteiger partial charge in [-0.2, -0.15) is 11.3 Å². The topological polar surface area (TPSA) is 36.1 Å². The lowest BCUT2D eigenvalue weighted by Gasteiger charge is -2.04. The molecule has 0 fully saturated rings. The molecule has 0 amide bonds. The Morgan fingerprint density at radius 1 is 0.468 bits per heavy atom. The van der Waals surface area contributed by atoms with Crippen LogP contribution in [0.15, 0.2) is 117 Å². The molecule has 6 rings (SSSR count). The van der Waals surface area contributed by atoms with E-state index in [2.05, 4.69) is 170 Å². The zero-order valence-corrected chi connectivity index (χ0v) is 47.0. The van der Waals surface area contributed by atoms with Crippen LogP contribution in [0.3, 0.4) is 0 Å². The van der Waals surface area contributed by atoms with Crippen molar-refractivity contribution in [3.8, 4) is 0 Å². The van der Waals surface area contributed by atoms with E-state index in [4.69, 9.17) is 8.83 Å². The van der Waals surface area contributed by atoms with Gasteiger partial charge in [-0.15, -0.1) is 11.3 Å². The maximum absolute atomic E-state index is 5.09. The van der Waals surface area contributed by atoms with E-state index in [9.17, 15) is 0 Å². The normalized spacial score (nSPS) is 9.03. The first-order valence-corrected chi connectivity index (χ1v) is 25.8. The zero-order chi connectivity index (χ0) is 49.6. The Hall–Kier alpha value is -3.48. The van der Waals surface area contributed by atoms with E-state index in [1.165, 1.54) is 27.3 Å². The average Bonchev–Trinajstić information content (AvgIpc) is 4.15. The van der Waals surface area contributed by atoms with Gasteiger partial charge in [-0.3, -0.25) is 0 Å². The van der Waals surface area contributed by atoms with Crippen molar-refractivity contribution in [3.05, 3.63) is 141 Å². The highest BCUT2D eigenvalue weighted by Gasteiger charge is 2.01.